The summed E-state index contributed by atoms with van der Waals surface area (Å²) in [6.07, 6.45) is 0. The molecule has 1 rings (SSSR count). The van der Waals surface area contributed by atoms with Crippen molar-refractivity contribution in [3.63, 3.8) is 0 Å². The summed E-state index contributed by atoms with van der Waals surface area (Å²) in [6, 6.07) is 8.83. The van der Waals surface area contributed by atoms with E-state index in [9.17, 15) is 0 Å². The molecule has 0 saturated heterocycles. The highest BCUT2D eigenvalue weighted by molar-refractivity contribution is 5.44. The van der Waals surface area contributed by atoms with Gasteiger partial charge in [-0.15, -0.1) is 0 Å². The number of rotatable bonds is 2. The molecule has 72 valence electrons. The summed E-state index contributed by atoms with van der Waals surface area (Å²) in [5.74, 6) is 0.617. The van der Waals surface area contributed by atoms with Crippen molar-refractivity contribution in [1.82, 2.24) is 4.48 Å². The Morgan fingerprint density at radius 1 is 1.08 bits per heavy atom. The van der Waals surface area contributed by atoms with E-state index in [1.165, 1.54) is 11.3 Å². The quantitative estimate of drug-likeness (QED) is 0.611. The van der Waals surface area contributed by atoms with Crippen LogP contribution in [0.15, 0.2) is 24.3 Å². The highest BCUT2D eigenvalue weighted by Crippen LogP contribution is 2.22. The van der Waals surface area contributed by atoms with Crippen LogP contribution in [0, 0.1) is 0 Å². The third kappa shape index (κ3) is 2.56. The van der Waals surface area contributed by atoms with E-state index in [0.29, 0.717) is 5.92 Å². The third-order valence-electron chi connectivity index (χ3n) is 2.31. The van der Waals surface area contributed by atoms with Gasteiger partial charge in [0.1, 0.15) is 5.69 Å². The van der Waals surface area contributed by atoms with Gasteiger partial charge in [-0.1, -0.05) is 26.0 Å². The maximum Gasteiger partial charge on any atom is 0.132 e. The Morgan fingerprint density at radius 3 is 2.15 bits per heavy atom. The first-order valence-corrected chi connectivity index (χ1v) is 4.83. The van der Waals surface area contributed by atoms with E-state index < -0.39 is 0 Å². The lowest BCUT2D eigenvalue weighted by Crippen LogP contribution is -2.34. The van der Waals surface area contributed by atoms with E-state index in [0.717, 1.165) is 4.48 Å². The van der Waals surface area contributed by atoms with Crippen LogP contribution in [0.4, 0.5) is 5.69 Å². The molecule has 0 amide bonds. The second kappa shape index (κ2) is 3.51. The molecule has 0 heterocycles. The number of nitrogens with zero attached hydrogens (tertiary/aromatic N) is 1. The van der Waals surface area contributed by atoms with Gasteiger partial charge in [0.15, 0.2) is 0 Å². The van der Waals surface area contributed by atoms with Crippen LogP contribution in [-0.2, 0) is 0 Å². The Morgan fingerprint density at radius 2 is 1.69 bits per heavy atom. The molecule has 0 unspecified atom stereocenters. The van der Waals surface area contributed by atoms with E-state index in [4.69, 9.17) is 0 Å². The minimum atomic E-state index is 0.617. The fourth-order valence-electron chi connectivity index (χ4n) is 1.30. The normalized spacial score (nSPS) is 12.2. The maximum absolute atomic E-state index is 2.30. The van der Waals surface area contributed by atoms with Gasteiger partial charge in [0.05, 0.1) is 21.1 Å². The molecule has 1 aromatic rings. The predicted molar refractivity (Wildman–Crippen MR) is 60.1 cm³/mol. The van der Waals surface area contributed by atoms with Gasteiger partial charge < -0.3 is 0 Å². The van der Waals surface area contributed by atoms with Gasteiger partial charge >= 0.3 is 0 Å². The summed E-state index contributed by atoms with van der Waals surface area (Å²) in [7, 11) is 6.58. The Labute approximate surface area is 81.6 Å². The second-order valence-electron chi connectivity index (χ2n) is 4.76. The number of hydrogen-bond donors (Lipinski definition) is 0. The van der Waals surface area contributed by atoms with Crippen LogP contribution in [0.5, 0.6) is 0 Å². The van der Waals surface area contributed by atoms with E-state index in [2.05, 4.69) is 59.3 Å². The van der Waals surface area contributed by atoms with Gasteiger partial charge in [-0.2, -0.15) is 0 Å². The van der Waals surface area contributed by atoms with Crippen molar-refractivity contribution in [3.05, 3.63) is 29.8 Å². The first-order chi connectivity index (χ1) is 5.91. The Kier molecular flexibility index (Phi) is 2.77. The summed E-state index contributed by atoms with van der Waals surface area (Å²) in [6.45, 7) is 4.46. The second-order valence-corrected chi connectivity index (χ2v) is 4.76. The number of benzene rings is 1. The molecule has 0 atom stereocenters. The fourth-order valence-corrected chi connectivity index (χ4v) is 1.30. The summed E-state index contributed by atoms with van der Waals surface area (Å²) in [5.41, 5.74) is 2.79. The van der Waals surface area contributed by atoms with E-state index >= 15 is 0 Å². The summed E-state index contributed by atoms with van der Waals surface area (Å²) in [5, 5.41) is 0. The molecule has 1 heteroatoms. The lowest BCUT2D eigenvalue weighted by molar-refractivity contribution is 0.485. The molecule has 0 aliphatic rings. The lowest BCUT2D eigenvalue weighted by atomic mass is 10.0. The summed E-state index contributed by atoms with van der Waals surface area (Å²) >= 11 is 0. The zero-order chi connectivity index (χ0) is 10.1. The fraction of sp³-hybridized carbons (Fsp3) is 0.500. The van der Waals surface area contributed by atoms with E-state index in [1.54, 1.807) is 0 Å². The first kappa shape index (κ1) is 10.3. The van der Waals surface area contributed by atoms with Gasteiger partial charge in [0.25, 0.3) is 0 Å². The lowest BCUT2D eigenvalue weighted by Gasteiger charge is -2.24. The van der Waals surface area contributed by atoms with Gasteiger partial charge in [0, 0.05) is 6.07 Å². The average Bonchev–Trinajstić information content (AvgIpc) is 2.03. The molecule has 0 fully saturated rings. The third-order valence-corrected chi connectivity index (χ3v) is 2.31. The highest BCUT2D eigenvalue weighted by Gasteiger charge is 2.12. The van der Waals surface area contributed by atoms with Crippen molar-refractivity contribution >= 4 is 5.69 Å². The smallest absolute Gasteiger partial charge is 0.132 e. The van der Waals surface area contributed by atoms with Gasteiger partial charge in [-0.3, -0.25) is 4.48 Å². The number of hydrogen-bond acceptors (Lipinski definition) is 0. The molecular weight excluding hydrogens is 158 g/mol. The predicted octanol–water partition coefficient (Wildman–Crippen LogP) is 3.01. The molecule has 0 radical (unpaired) electrons. The minimum Gasteiger partial charge on any atom is -0.298 e. The van der Waals surface area contributed by atoms with Crippen LogP contribution in [0.3, 0.4) is 0 Å². The molecule has 0 aromatic heterocycles. The molecule has 0 aliphatic heterocycles. The van der Waals surface area contributed by atoms with Crippen molar-refractivity contribution in [2.75, 3.05) is 21.1 Å². The van der Waals surface area contributed by atoms with Crippen LogP contribution in [0.2, 0.25) is 0 Å². The SMILES string of the molecule is CC(C)c1cccc([N+](C)(C)C)c1. The molecular formula is C12H20N+. The standard InChI is InChI=1S/C12H20N/c1-10(2)11-7-6-8-12(9-11)13(3,4)5/h6-10H,1-5H3/q+1. The summed E-state index contributed by atoms with van der Waals surface area (Å²) < 4.78 is 0.889. The first-order valence-electron chi connectivity index (χ1n) is 4.83. The molecule has 0 spiro atoms. The average molecular weight is 178 g/mol. The van der Waals surface area contributed by atoms with E-state index in [-0.39, 0.29) is 0 Å². The van der Waals surface area contributed by atoms with Crippen LogP contribution in [0.1, 0.15) is 25.3 Å². The molecule has 13 heavy (non-hydrogen) atoms. The summed E-state index contributed by atoms with van der Waals surface area (Å²) in [4.78, 5) is 0. The molecule has 1 nitrogen and oxygen atoms in total. The topological polar surface area (TPSA) is 0 Å². The van der Waals surface area contributed by atoms with Gasteiger partial charge in [-0.05, 0) is 17.5 Å². The van der Waals surface area contributed by atoms with Crippen LogP contribution in [-0.4, -0.2) is 21.1 Å². The molecule has 0 aliphatic carbocycles. The van der Waals surface area contributed by atoms with Crippen molar-refractivity contribution < 1.29 is 0 Å². The highest BCUT2D eigenvalue weighted by atomic mass is 15.3. The van der Waals surface area contributed by atoms with Crippen molar-refractivity contribution in [3.8, 4) is 0 Å². The zero-order valence-corrected chi connectivity index (χ0v) is 9.33. The van der Waals surface area contributed by atoms with Crippen molar-refractivity contribution in [2.24, 2.45) is 0 Å². The minimum absolute atomic E-state index is 0.617. The molecule has 0 bridgehead atoms. The van der Waals surface area contributed by atoms with Crippen LogP contribution >= 0.6 is 0 Å². The van der Waals surface area contributed by atoms with Crippen LogP contribution in [0.25, 0.3) is 0 Å². The monoisotopic (exact) mass is 178 g/mol. The Hall–Kier alpha value is -0.820. The molecule has 1 aromatic carbocycles. The largest absolute Gasteiger partial charge is 0.298 e. The maximum atomic E-state index is 2.30. The van der Waals surface area contributed by atoms with E-state index in [1.807, 2.05) is 0 Å². The Bertz CT molecular complexity index is 281. The molecule has 0 saturated carbocycles. The Balaban J connectivity index is 3.06. The molecule has 0 N–H and O–H groups in total. The van der Waals surface area contributed by atoms with Gasteiger partial charge in [0.2, 0.25) is 0 Å². The van der Waals surface area contributed by atoms with Crippen LogP contribution < -0.4 is 4.48 Å². The van der Waals surface area contributed by atoms with Gasteiger partial charge in [-0.25, -0.2) is 0 Å². The van der Waals surface area contributed by atoms with Crippen molar-refractivity contribution in [1.29, 1.82) is 0 Å². The number of quaternary nitrogens is 1. The van der Waals surface area contributed by atoms with Crippen molar-refractivity contribution in [2.45, 2.75) is 19.8 Å². The zero-order valence-electron chi connectivity index (χ0n) is 9.33.